The number of hydrogen-bond acceptors (Lipinski definition) is 4. The second kappa shape index (κ2) is 8.46. The van der Waals surface area contributed by atoms with Crippen molar-refractivity contribution in [3.05, 3.63) is 0 Å². The van der Waals surface area contributed by atoms with Gasteiger partial charge >= 0.3 is 0 Å². The first kappa shape index (κ1) is 14.4. The molecule has 98 valence electrons. The Hall–Kier alpha value is -0.630. The summed E-state index contributed by atoms with van der Waals surface area (Å²) in [5.74, 6) is 0. The number of piperidine rings is 1. The first-order valence-electron chi connectivity index (χ1n) is 6.77. The molecular weight excluding hydrogens is 214 g/mol. The van der Waals surface area contributed by atoms with E-state index in [4.69, 9.17) is 10.00 Å². The number of nitriles is 1. The molecule has 4 heteroatoms. The highest BCUT2D eigenvalue weighted by molar-refractivity contribution is 4.90. The Morgan fingerprint density at radius 2 is 2.12 bits per heavy atom. The third-order valence-corrected chi connectivity index (χ3v) is 3.28. The van der Waals surface area contributed by atoms with Crippen LogP contribution < -0.4 is 5.32 Å². The third kappa shape index (κ3) is 5.49. The lowest BCUT2D eigenvalue weighted by molar-refractivity contribution is 0.0138. The van der Waals surface area contributed by atoms with Crippen LogP contribution in [0.25, 0.3) is 0 Å². The Morgan fingerprint density at radius 1 is 1.41 bits per heavy atom. The maximum atomic E-state index is 8.95. The van der Waals surface area contributed by atoms with Crippen LogP contribution in [0.1, 0.15) is 33.1 Å². The topological polar surface area (TPSA) is 48.3 Å². The van der Waals surface area contributed by atoms with E-state index in [0.717, 1.165) is 52.0 Å². The number of rotatable bonds is 7. The van der Waals surface area contributed by atoms with Crippen molar-refractivity contribution in [2.45, 2.75) is 45.3 Å². The smallest absolute Gasteiger partial charge is 0.0965 e. The molecule has 0 aliphatic carbocycles. The molecule has 1 aliphatic rings. The molecule has 1 rings (SSSR count). The molecule has 0 bridgehead atoms. The van der Waals surface area contributed by atoms with Crippen LogP contribution in [0.5, 0.6) is 0 Å². The largest absolute Gasteiger partial charge is 0.378 e. The Labute approximate surface area is 105 Å². The molecular formula is C13H25N3O. The van der Waals surface area contributed by atoms with Gasteiger partial charge in [0, 0.05) is 26.2 Å². The SMILES string of the molecule is CCNC(C#N)CCN1CCC(OCC)CC1. The summed E-state index contributed by atoms with van der Waals surface area (Å²) in [7, 11) is 0. The minimum Gasteiger partial charge on any atom is -0.378 e. The van der Waals surface area contributed by atoms with Crippen molar-refractivity contribution in [2.24, 2.45) is 0 Å². The van der Waals surface area contributed by atoms with Gasteiger partial charge < -0.3 is 15.0 Å². The highest BCUT2D eigenvalue weighted by Gasteiger charge is 2.19. The van der Waals surface area contributed by atoms with Gasteiger partial charge in [-0.2, -0.15) is 5.26 Å². The number of ether oxygens (including phenoxy) is 1. The van der Waals surface area contributed by atoms with E-state index in [1.54, 1.807) is 0 Å². The number of nitrogens with one attached hydrogen (secondary N) is 1. The lowest BCUT2D eigenvalue weighted by atomic mass is 10.1. The summed E-state index contributed by atoms with van der Waals surface area (Å²) in [6.45, 7) is 9.01. The van der Waals surface area contributed by atoms with Crippen LogP contribution in [0.15, 0.2) is 0 Å². The van der Waals surface area contributed by atoms with Crippen LogP contribution in [0.4, 0.5) is 0 Å². The van der Waals surface area contributed by atoms with Crippen LogP contribution in [-0.4, -0.2) is 49.8 Å². The summed E-state index contributed by atoms with van der Waals surface area (Å²) in [6.07, 6.45) is 3.64. The fraction of sp³-hybridized carbons (Fsp3) is 0.923. The van der Waals surface area contributed by atoms with Crippen molar-refractivity contribution in [3.63, 3.8) is 0 Å². The maximum absolute atomic E-state index is 8.95. The molecule has 0 radical (unpaired) electrons. The molecule has 4 nitrogen and oxygen atoms in total. The predicted molar refractivity (Wildman–Crippen MR) is 68.8 cm³/mol. The average molecular weight is 239 g/mol. The molecule has 0 saturated carbocycles. The van der Waals surface area contributed by atoms with E-state index < -0.39 is 0 Å². The Bertz CT molecular complexity index is 231. The lowest BCUT2D eigenvalue weighted by Crippen LogP contribution is -2.40. The van der Waals surface area contributed by atoms with E-state index in [-0.39, 0.29) is 6.04 Å². The van der Waals surface area contributed by atoms with Gasteiger partial charge in [0.2, 0.25) is 0 Å². The van der Waals surface area contributed by atoms with Crippen molar-refractivity contribution in [2.75, 3.05) is 32.8 Å². The minimum absolute atomic E-state index is 0.00427. The summed E-state index contributed by atoms with van der Waals surface area (Å²) >= 11 is 0. The van der Waals surface area contributed by atoms with E-state index >= 15 is 0 Å². The molecule has 17 heavy (non-hydrogen) atoms. The zero-order chi connectivity index (χ0) is 12.5. The maximum Gasteiger partial charge on any atom is 0.0965 e. The number of hydrogen-bond donors (Lipinski definition) is 1. The Kier molecular flexibility index (Phi) is 7.18. The Balaban J connectivity index is 2.15. The van der Waals surface area contributed by atoms with Crippen molar-refractivity contribution in [1.29, 1.82) is 5.26 Å². The standard InChI is InChI=1S/C13H25N3O/c1-3-15-12(11-14)5-8-16-9-6-13(7-10-16)17-4-2/h12-13,15H,3-10H2,1-2H3. The summed E-state index contributed by atoms with van der Waals surface area (Å²) in [4.78, 5) is 2.44. The zero-order valence-corrected chi connectivity index (χ0v) is 11.1. The van der Waals surface area contributed by atoms with Gasteiger partial charge in [0.1, 0.15) is 0 Å². The first-order valence-corrected chi connectivity index (χ1v) is 6.77. The zero-order valence-electron chi connectivity index (χ0n) is 11.1. The van der Waals surface area contributed by atoms with Gasteiger partial charge in [0.25, 0.3) is 0 Å². The quantitative estimate of drug-likeness (QED) is 0.729. The molecule has 0 aromatic carbocycles. The fourth-order valence-electron chi connectivity index (χ4n) is 2.31. The normalized spacial score (nSPS) is 20.1. The molecule has 1 heterocycles. The molecule has 1 N–H and O–H groups in total. The molecule has 0 spiro atoms. The van der Waals surface area contributed by atoms with Crippen molar-refractivity contribution in [3.8, 4) is 6.07 Å². The molecule has 1 saturated heterocycles. The highest BCUT2D eigenvalue weighted by Crippen LogP contribution is 2.13. The third-order valence-electron chi connectivity index (χ3n) is 3.28. The molecule has 0 aromatic heterocycles. The molecule has 1 unspecified atom stereocenters. The van der Waals surface area contributed by atoms with E-state index in [1.807, 2.05) is 6.92 Å². The molecule has 1 fully saturated rings. The summed E-state index contributed by atoms with van der Waals surface area (Å²) < 4.78 is 5.63. The van der Waals surface area contributed by atoms with Crippen LogP contribution in [0.3, 0.4) is 0 Å². The van der Waals surface area contributed by atoms with Crippen LogP contribution >= 0.6 is 0 Å². The van der Waals surface area contributed by atoms with E-state index in [0.29, 0.717) is 6.10 Å². The minimum atomic E-state index is 0.00427. The molecule has 0 amide bonds. The highest BCUT2D eigenvalue weighted by atomic mass is 16.5. The monoisotopic (exact) mass is 239 g/mol. The molecule has 0 aromatic rings. The van der Waals surface area contributed by atoms with Crippen molar-refractivity contribution >= 4 is 0 Å². The summed E-state index contributed by atoms with van der Waals surface area (Å²) in [5.41, 5.74) is 0. The summed E-state index contributed by atoms with van der Waals surface area (Å²) in [5, 5.41) is 12.1. The van der Waals surface area contributed by atoms with Crippen molar-refractivity contribution in [1.82, 2.24) is 10.2 Å². The number of nitrogens with zero attached hydrogens (tertiary/aromatic N) is 2. The van der Waals surface area contributed by atoms with E-state index in [1.165, 1.54) is 0 Å². The van der Waals surface area contributed by atoms with Gasteiger partial charge in [0.15, 0.2) is 0 Å². The second-order valence-electron chi connectivity index (χ2n) is 4.52. The average Bonchev–Trinajstić information content (AvgIpc) is 2.36. The van der Waals surface area contributed by atoms with Crippen LogP contribution in [-0.2, 0) is 4.74 Å². The van der Waals surface area contributed by atoms with Crippen LogP contribution in [0.2, 0.25) is 0 Å². The van der Waals surface area contributed by atoms with Gasteiger partial charge in [0.05, 0.1) is 18.2 Å². The Morgan fingerprint density at radius 3 is 2.65 bits per heavy atom. The van der Waals surface area contributed by atoms with E-state index in [9.17, 15) is 0 Å². The number of likely N-dealkylation sites (tertiary alicyclic amines) is 1. The van der Waals surface area contributed by atoms with Crippen molar-refractivity contribution < 1.29 is 4.74 Å². The van der Waals surface area contributed by atoms with Gasteiger partial charge in [-0.15, -0.1) is 0 Å². The van der Waals surface area contributed by atoms with Gasteiger partial charge in [-0.25, -0.2) is 0 Å². The fourth-order valence-corrected chi connectivity index (χ4v) is 2.31. The van der Waals surface area contributed by atoms with Gasteiger partial charge in [-0.05, 0) is 32.7 Å². The van der Waals surface area contributed by atoms with Gasteiger partial charge in [-0.3, -0.25) is 0 Å². The first-order chi connectivity index (χ1) is 8.30. The molecule has 1 aliphatic heterocycles. The molecule has 1 atom stereocenters. The van der Waals surface area contributed by atoms with Crippen LogP contribution in [0, 0.1) is 11.3 Å². The lowest BCUT2D eigenvalue weighted by Gasteiger charge is -2.32. The second-order valence-corrected chi connectivity index (χ2v) is 4.52. The predicted octanol–water partition coefficient (Wildman–Crippen LogP) is 1.38. The van der Waals surface area contributed by atoms with Gasteiger partial charge in [-0.1, -0.05) is 6.92 Å². The van der Waals surface area contributed by atoms with E-state index in [2.05, 4.69) is 23.2 Å². The summed E-state index contributed by atoms with van der Waals surface area (Å²) in [6, 6.07) is 2.31.